The van der Waals surface area contributed by atoms with Crippen LogP contribution in [0.5, 0.6) is 11.5 Å². The summed E-state index contributed by atoms with van der Waals surface area (Å²) >= 11 is 6.87. The molecule has 3 heteroatoms. The Balaban J connectivity index is 2.22. The molecule has 1 nitrogen and oxygen atoms in total. The van der Waals surface area contributed by atoms with E-state index >= 15 is 0 Å². The van der Waals surface area contributed by atoms with Crippen molar-refractivity contribution in [3.8, 4) is 11.5 Å². The summed E-state index contributed by atoms with van der Waals surface area (Å²) in [6.45, 7) is 2.04. The Kier molecular flexibility index (Phi) is 4.24. The minimum Gasteiger partial charge on any atom is -0.457 e. The highest BCUT2D eigenvalue weighted by atomic mass is 79.9. The maximum atomic E-state index is 5.84. The van der Waals surface area contributed by atoms with Crippen LogP contribution in [-0.4, -0.2) is 0 Å². The van der Waals surface area contributed by atoms with Gasteiger partial charge in [0.05, 0.1) is 0 Å². The van der Waals surface area contributed by atoms with Gasteiger partial charge in [-0.05, 0) is 42.3 Å². The molecule has 0 saturated carbocycles. The first-order valence-corrected chi connectivity index (χ1v) is 7.19. The molecule has 0 aliphatic rings. The van der Waals surface area contributed by atoms with Crippen LogP contribution < -0.4 is 4.74 Å². The summed E-state index contributed by atoms with van der Waals surface area (Å²) in [6.07, 6.45) is 0. The quantitative estimate of drug-likeness (QED) is 0.665. The molecule has 0 heterocycles. The zero-order chi connectivity index (χ0) is 12.3. The Morgan fingerprint density at radius 3 is 2.41 bits per heavy atom. The molecular formula is C14H12Br2O. The molecule has 0 fully saturated rings. The van der Waals surface area contributed by atoms with Crippen molar-refractivity contribution in [2.75, 3.05) is 0 Å². The van der Waals surface area contributed by atoms with Gasteiger partial charge in [0.1, 0.15) is 11.5 Å². The third-order valence-electron chi connectivity index (χ3n) is 2.46. The first-order chi connectivity index (χ1) is 8.19. The Hall–Kier alpha value is -0.800. The molecule has 0 amide bonds. The lowest BCUT2D eigenvalue weighted by Gasteiger charge is -2.09. The maximum Gasteiger partial charge on any atom is 0.131 e. The number of benzene rings is 2. The average molecular weight is 356 g/mol. The van der Waals surface area contributed by atoms with Crippen LogP contribution in [-0.2, 0) is 5.33 Å². The van der Waals surface area contributed by atoms with Gasteiger partial charge in [0.25, 0.3) is 0 Å². The molecule has 2 rings (SSSR count). The molecule has 0 spiro atoms. The molecule has 0 aliphatic carbocycles. The van der Waals surface area contributed by atoms with E-state index in [1.54, 1.807) is 0 Å². The number of rotatable bonds is 3. The van der Waals surface area contributed by atoms with E-state index in [0.29, 0.717) is 0 Å². The number of alkyl halides is 1. The molecular weight excluding hydrogens is 344 g/mol. The van der Waals surface area contributed by atoms with Crippen LogP contribution >= 0.6 is 31.9 Å². The van der Waals surface area contributed by atoms with Crippen LogP contribution in [0.4, 0.5) is 0 Å². The number of hydrogen-bond acceptors (Lipinski definition) is 1. The lowest BCUT2D eigenvalue weighted by Crippen LogP contribution is -1.88. The Labute approximate surface area is 118 Å². The van der Waals surface area contributed by atoms with Crippen LogP contribution in [0.15, 0.2) is 46.9 Å². The summed E-state index contributed by atoms with van der Waals surface area (Å²) < 4.78 is 6.87. The smallest absolute Gasteiger partial charge is 0.131 e. The van der Waals surface area contributed by atoms with Crippen molar-refractivity contribution in [3.63, 3.8) is 0 Å². The van der Waals surface area contributed by atoms with Gasteiger partial charge in [-0.15, -0.1) is 0 Å². The van der Waals surface area contributed by atoms with Gasteiger partial charge in [-0.25, -0.2) is 0 Å². The second-order valence-electron chi connectivity index (χ2n) is 3.79. The van der Waals surface area contributed by atoms with Crippen LogP contribution in [0.3, 0.4) is 0 Å². The monoisotopic (exact) mass is 354 g/mol. The summed E-state index contributed by atoms with van der Waals surface area (Å²) in [7, 11) is 0. The zero-order valence-corrected chi connectivity index (χ0v) is 12.6. The third-order valence-corrected chi connectivity index (χ3v) is 3.60. The molecule has 0 aromatic heterocycles. The van der Waals surface area contributed by atoms with Crippen LogP contribution in [0.25, 0.3) is 0 Å². The highest BCUT2D eigenvalue weighted by molar-refractivity contribution is 9.10. The van der Waals surface area contributed by atoms with E-state index in [1.165, 1.54) is 5.56 Å². The molecule has 0 saturated heterocycles. The minimum absolute atomic E-state index is 0.857. The predicted molar refractivity (Wildman–Crippen MR) is 78.0 cm³/mol. The molecule has 0 unspecified atom stereocenters. The van der Waals surface area contributed by atoms with E-state index in [9.17, 15) is 0 Å². The summed E-state index contributed by atoms with van der Waals surface area (Å²) in [5.41, 5.74) is 2.36. The Morgan fingerprint density at radius 2 is 1.76 bits per heavy atom. The van der Waals surface area contributed by atoms with Gasteiger partial charge in [0.2, 0.25) is 0 Å². The lowest BCUT2D eigenvalue weighted by atomic mass is 10.2. The SMILES string of the molecule is Cc1ccc(Br)cc1Oc1ccc(CBr)cc1. The largest absolute Gasteiger partial charge is 0.457 e. The van der Waals surface area contributed by atoms with Gasteiger partial charge in [0, 0.05) is 9.80 Å². The van der Waals surface area contributed by atoms with E-state index in [0.717, 1.165) is 26.9 Å². The van der Waals surface area contributed by atoms with Crippen molar-refractivity contribution in [1.82, 2.24) is 0 Å². The van der Waals surface area contributed by atoms with E-state index < -0.39 is 0 Å². The fraction of sp³-hybridized carbons (Fsp3) is 0.143. The van der Waals surface area contributed by atoms with Crippen molar-refractivity contribution in [3.05, 3.63) is 58.1 Å². The number of halogens is 2. The number of hydrogen-bond donors (Lipinski definition) is 0. The van der Waals surface area contributed by atoms with Crippen molar-refractivity contribution < 1.29 is 4.74 Å². The van der Waals surface area contributed by atoms with Crippen molar-refractivity contribution >= 4 is 31.9 Å². The summed E-state index contributed by atoms with van der Waals surface area (Å²) in [5, 5.41) is 0.864. The Morgan fingerprint density at radius 1 is 1.06 bits per heavy atom. The van der Waals surface area contributed by atoms with Crippen molar-refractivity contribution in [2.45, 2.75) is 12.3 Å². The minimum atomic E-state index is 0.857. The first-order valence-electron chi connectivity index (χ1n) is 5.28. The van der Waals surface area contributed by atoms with Gasteiger partial charge in [-0.1, -0.05) is 50.1 Å². The fourth-order valence-corrected chi connectivity index (χ4v) is 2.17. The van der Waals surface area contributed by atoms with Gasteiger partial charge in [-0.3, -0.25) is 0 Å². The zero-order valence-electron chi connectivity index (χ0n) is 9.41. The van der Waals surface area contributed by atoms with Crippen LogP contribution in [0.2, 0.25) is 0 Å². The molecule has 88 valence electrons. The molecule has 0 radical (unpaired) electrons. The van der Waals surface area contributed by atoms with Gasteiger partial charge in [-0.2, -0.15) is 0 Å². The highest BCUT2D eigenvalue weighted by Gasteiger charge is 2.02. The summed E-state index contributed by atoms with van der Waals surface area (Å²) in [4.78, 5) is 0. The molecule has 2 aromatic carbocycles. The average Bonchev–Trinajstić information content (AvgIpc) is 2.35. The molecule has 0 N–H and O–H groups in total. The normalized spacial score (nSPS) is 10.3. The molecule has 17 heavy (non-hydrogen) atoms. The standard InChI is InChI=1S/C14H12Br2O/c1-10-2-5-12(16)8-14(10)17-13-6-3-11(9-15)4-7-13/h2-8H,9H2,1H3. The van der Waals surface area contributed by atoms with E-state index in [4.69, 9.17) is 4.74 Å². The van der Waals surface area contributed by atoms with Crippen molar-refractivity contribution in [2.24, 2.45) is 0 Å². The van der Waals surface area contributed by atoms with Crippen molar-refractivity contribution in [1.29, 1.82) is 0 Å². The number of ether oxygens (including phenoxy) is 1. The third kappa shape index (κ3) is 3.33. The fourth-order valence-electron chi connectivity index (χ4n) is 1.46. The molecule has 2 aromatic rings. The predicted octanol–water partition coefficient (Wildman–Crippen LogP) is 5.44. The Bertz CT molecular complexity index is 506. The molecule has 0 atom stereocenters. The highest BCUT2D eigenvalue weighted by Crippen LogP contribution is 2.28. The summed E-state index contributed by atoms with van der Waals surface area (Å²) in [5.74, 6) is 1.74. The van der Waals surface area contributed by atoms with E-state index in [-0.39, 0.29) is 0 Å². The van der Waals surface area contributed by atoms with E-state index in [1.807, 2.05) is 37.3 Å². The maximum absolute atomic E-state index is 5.84. The number of aryl methyl sites for hydroxylation is 1. The topological polar surface area (TPSA) is 9.23 Å². The summed E-state index contributed by atoms with van der Waals surface area (Å²) in [6, 6.07) is 14.1. The molecule has 0 aliphatic heterocycles. The van der Waals surface area contributed by atoms with Crippen LogP contribution in [0.1, 0.15) is 11.1 Å². The van der Waals surface area contributed by atoms with E-state index in [2.05, 4.69) is 44.0 Å². The second kappa shape index (κ2) is 5.69. The second-order valence-corrected chi connectivity index (χ2v) is 5.27. The first kappa shape index (κ1) is 12.7. The van der Waals surface area contributed by atoms with Crippen LogP contribution in [0, 0.1) is 6.92 Å². The molecule has 0 bridgehead atoms. The van der Waals surface area contributed by atoms with Gasteiger partial charge < -0.3 is 4.74 Å². The lowest BCUT2D eigenvalue weighted by molar-refractivity contribution is 0.478. The van der Waals surface area contributed by atoms with Gasteiger partial charge >= 0.3 is 0 Å². The van der Waals surface area contributed by atoms with Gasteiger partial charge in [0.15, 0.2) is 0 Å².